The van der Waals surface area contributed by atoms with Gasteiger partial charge in [0.2, 0.25) is 5.82 Å². The zero-order valence-corrected chi connectivity index (χ0v) is 12.0. The van der Waals surface area contributed by atoms with Gasteiger partial charge in [0.05, 0.1) is 0 Å². The SMILES string of the molecule is CN(c1cc(Cl)nc(C(F)(F)F)n1)C1CCCCCC1. The third-order valence-electron chi connectivity index (χ3n) is 3.67. The van der Waals surface area contributed by atoms with Crippen LogP contribution < -0.4 is 4.90 Å². The molecular formula is C13H17ClF3N3. The Kier molecular flexibility index (Phi) is 4.73. The smallest absolute Gasteiger partial charge is 0.357 e. The number of anilines is 1. The topological polar surface area (TPSA) is 29.0 Å². The molecule has 1 aliphatic rings. The van der Waals surface area contributed by atoms with Gasteiger partial charge in [0, 0.05) is 19.2 Å². The first-order valence-corrected chi connectivity index (χ1v) is 7.10. The number of halogens is 4. The molecule has 2 rings (SSSR count). The molecule has 20 heavy (non-hydrogen) atoms. The molecular weight excluding hydrogens is 291 g/mol. The Bertz CT molecular complexity index is 457. The molecule has 0 radical (unpaired) electrons. The summed E-state index contributed by atoms with van der Waals surface area (Å²) in [7, 11) is 1.77. The van der Waals surface area contributed by atoms with Gasteiger partial charge in [0.15, 0.2) is 0 Å². The summed E-state index contributed by atoms with van der Waals surface area (Å²) < 4.78 is 38.1. The molecule has 0 aromatic carbocycles. The second-order valence-corrected chi connectivity index (χ2v) is 5.51. The van der Waals surface area contributed by atoms with Crippen molar-refractivity contribution in [1.82, 2.24) is 9.97 Å². The number of rotatable bonds is 2. The first-order valence-electron chi connectivity index (χ1n) is 6.72. The van der Waals surface area contributed by atoms with Crippen LogP contribution in [0.15, 0.2) is 6.07 Å². The second-order valence-electron chi connectivity index (χ2n) is 5.13. The molecule has 1 aromatic heterocycles. The minimum Gasteiger partial charge on any atom is -0.357 e. The van der Waals surface area contributed by atoms with E-state index in [1.165, 1.54) is 18.9 Å². The maximum absolute atomic E-state index is 12.7. The van der Waals surface area contributed by atoms with Crippen molar-refractivity contribution in [3.63, 3.8) is 0 Å². The summed E-state index contributed by atoms with van der Waals surface area (Å²) in [4.78, 5) is 8.67. The van der Waals surface area contributed by atoms with Gasteiger partial charge in [0.1, 0.15) is 11.0 Å². The first kappa shape index (κ1) is 15.4. The van der Waals surface area contributed by atoms with Crippen LogP contribution in [0.5, 0.6) is 0 Å². The van der Waals surface area contributed by atoms with Gasteiger partial charge in [-0.2, -0.15) is 13.2 Å². The van der Waals surface area contributed by atoms with Gasteiger partial charge >= 0.3 is 6.18 Å². The summed E-state index contributed by atoms with van der Waals surface area (Å²) in [5.41, 5.74) is 0. The van der Waals surface area contributed by atoms with Crippen LogP contribution in [0.4, 0.5) is 19.0 Å². The fraction of sp³-hybridized carbons (Fsp3) is 0.692. The molecule has 1 aliphatic carbocycles. The Hall–Kier alpha value is -1.04. The van der Waals surface area contributed by atoms with Crippen LogP contribution in [0.3, 0.4) is 0 Å². The lowest BCUT2D eigenvalue weighted by molar-refractivity contribution is -0.144. The molecule has 0 spiro atoms. The van der Waals surface area contributed by atoms with Crippen molar-refractivity contribution in [2.45, 2.75) is 50.7 Å². The highest BCUT2D eigenvalue weighted by atomic mass is 35.5. The van der Waals surface area contributed by atoms with Crippen molar-refractivity contribution in [3.8, 4) is 0 Å². The summed E-state index contributed by atoms with van der Waals surface area (Å²) in [6.45, 7) is 0. The summed E-state index contributed by atoms with van der Waals surface area (Å²) in [6.07, 6.45) is 1.92. The van der Waals surface area contributed by atoms with Crippen LogP contribution in [0.2, 0.25) is 5.15 Å². The van der Waals surface area contributed by atoms with Crippen molar-refractivity contribution in [2.75, 3.05) is 11.9 Å². The van der Waals surface area contributed by atoms with Gasteiger partial charge in [-0.3, -0.25) is 0 Å². The Morgan fingerprint density at radius 3 is 2.30 bits per heavy atom. The van der Waals surface area contributed by atoms with E-state index in [0.29, 0.717) is 0 Å². The fourth-order valence-corrected chi connectivity index (χ4v) is 2.72. The van der Waals surface area contributed by atoms with E-state index < -0.39 is 12.0 Å². The minimum atomic E-state index is -4.58. The van der Waals surface area contributed by atoms with E-state index in [-0.39, 0.29) is 17.0 Å². The molecule has 0 aliphatic heterocycles. The number of hydrogen-bond donors (Lipinski definition) is 0. The van der Waals surface area contributed by atoms with Crippen molar-refractivity contribution in [2.24, 2.45) is 0 Å². The molecule has 1 aromatic rings. The summed E-state index contributed by atoms with van der Waals surface area (Å²) in [5.74, 6) is -0.940. The average molecular weight is 308 g/mol. The molecule has 0 unspecified atom stereocenters. The van der Waals surface area contributed by atoms with E-state index >= 15 is 0 Å². The van der Waals surface area contributed by atoms with Gasteiger partial charge in [-0.05, 0) is 12.8 Å². The van der Waals surface area contributed by atoms with Crippen LogP contribution >= 0.6 is 11.6 Å². The minimum absolute atomic E-state index is 0.178. The molecule has 0 saturated heterocycles. The second kappa shape index (κ2) is 6.16. The lowest BCUT2D eigenvalue weighted by Gasteiger charge is -2.28. The molecule has 0 N–H and O–H groups in total. The largest absolute Gasteiger partial charge is 0.451 e. The highest BCUT2D eigenvalue weighted by Gasteiger charge is 2.36. The van der Waals surface area contributed by atoms with E-state index in [9.17, 15) is 13.2 Å². The molecule has 1 fully saturated rings. The van der Waals surface area contributed by atoms with E-state index in [1.807, 2.05) is 0 Å². The van der Waals surface area contributed by atoms with E-state index in [2.05, 4.69) is 9.97 Å². The molecule has 0 bridgehead atoms. The van der Waals surface area contributed by atoms with Crippen LogP contribution in [0.25, 0.3) is 0 Å². The molecule has 0 atom stereocenters. The predicted molar refractivity (Wildman–Crippen MR) is 71.9 cm³/mol. The van der Waals surface area contributed by atoms with Crippen molar-refractivity contribution in [3.05, 3.63) is 17.0 Å². The Balaban J connectivity index is 2.24. The van der Waals surface area contributed by atoms with Gasteiger partial charge in [0.25, 0.3) is 0 Å². The molecule has 7 heteroatoms. The summed E-state index contributed by atoms with van der Waals surface area (Å²) in [5, 5.41) is -0.178. The molecule has 1 saturated carbocycles. The van der Waals surface area contributed by atoms with E-state index in [1.54, 1.807) is 11.9 Å². The zero-order chi connectivity index (χ0) is 14.8. The molecule has 0 amide bonds. The molecule has 1 heterocycles. The van der Waals surface area contributed by atoms with Crippen molar-refractivity contribution < 1.29 is 13.2 Å². The van der Waals surface area contributed by atoms with E-state index in [0.717, 1.165) is 25.7 Å². The number of aromatic nitrogens is 2. The summed E-state index contributed by atoms with van der Waals surface area (Å²) in [6, 6.07) is 1.60. The number of alkyl halides is 3. The molecule has 112 valence electrons. The standard InChI is InChI=1S/C13H17ClF3N3/c1-20(9-6-4-2-3-5-7-9)11-8-10(14)18-12(19-11)13(15,16)17/h8-9H,2-7H2,1H3. The highest BCUT2D eigenvalue weighted by Crippen LogP contribution is 2.30. The third-order valence-corrected chi connectivity index (χ3v) is 3.86. The Morgan fingerprint density at radius 1 is 1.15 bits per heavy atom. The van der Waals surface area contributed by atoms with Gasteiger partial charge in [-0.1, -0.05) is 37.3 Å². The Labute approximate surface area is 121 Å². The fourth-order valence-electron chi connectivity index (χ4n) is 2.55. The highest BCUT2D eigenvalue weighted by molar-refractivity contribution is 6.29. The average Bonchev–Trinajstić information content (AvgIpc) is 2.65. The molecule has 3 nitrogen and oxygen atoms in total. The van der Waals surface area contributed by atoms with E-state index in [4.69, 9.17) is 11.6 Å². The predicted octanol–water partition coefficient (Wildman–Crippen LogP) is 4.31. The number of nitrogens with zero attached hydrogens (tertiary/aromatic N) is 3. The third kappa shape index (κ3) is 3.75. The Morgan fingerprint density at radius 2 is 1.75 bits per heavy atom. The maximum atomic E-state index is 12.7. The normalized spacial score (nSPS) is 17.9. The van der Waals surface area contributed by atoms with Gasteiger partial charge < -0.3 is 4.90 Å². The lowest BCUT2D eigenvalue weighted by atomic mass is 10.1. The maximum Gasteiger partial charge on any atom is 0.451 e. The van der Waals surface area contributed by atoms with Crippen LogP contribution in [0, 0.1) is 0 Å². The van der Waals surface area contributed by atoms with Gasteiger partial charge in [-0.25, -0.2) is 9.97 Å². The zero-order valence-electron chi connectivity index (χ0n) is 11.3. The van der Waals surface area contributed by atoms with Crippen LogP contribution in [-0.2, 0) is 6.18 Å². The number of hydrogen-bond acceptors (Lipinski definition) is 3. The van der Waals surface area contributed by atoms with Crippen molar-refractivity contribution in [1.29, 1.82) is 0 Å². The lowest BCUT2D eigenvalue weighted by Crippen LogP contribution is -2.32. The van der Waals surface area contributed by atoms with Crippen molar-refractivity contribution >= 4 is 17.4 Å². The summed E-state index contributed by atoms with van der Waals surface area (Å²) >= 11 is 5.69. The van der Waals surface area contributed by atoms with Gasteiger partial charge in [-0.15, -0.1) is 0 Å². The van der Waals surface area contributed by atoms with Crippen LogP contribution in [-0.4, -0.2) is 23.1 Å². The van der Waals surface area contributed by atoms with Crippen LogP contribution in [0.1, 0.15) is 44.3 Å². The quantitative estimate of drug-likeness (QED) is 0.602. The first-order chi connectivity index (χ1) is 9.38. The monoisotopic (exact) mass is 307 g/mol.